The van der Waals surface area contributed by atoms with Gasteiger partial charge in [0.25, 0.3) is 5.69 Å². The molecule has 0 unspecified atom stereocenters. The van der Waals surface area contributed by atoms with Gasteiger partial charge in [-0.2, -0.15) is 5.10 Å². The molecule has 0 amide bonds. The van der Waals surface area contributed by atoms with Crippen molar-refractivity contribution in [2.45, 2.75) is 13.8 Å². The zero-order chi connectivity index (χ0) is 15.0. The van der Waals surface area contributed by atoms with Gasteiger partial charge in [0.2, 0.25) is 0 Å². The molecule has 0 bridgehead atoms. The standard InChI is InChI=1S/C12H10IN3O4/c1-6-11(12(17)18)7(2)15(14-6)10-4-3-8(16(19)20)5-9(10)13/h3-5H,1-2H3,(H,17,18). The van der Waals surface area contributed by atoms with Gasteiger partial charge in [-0.25, -0.2) is 9.48 Å². The molecular weight excluding hydrogens is 377 g/mol. The van der Waals surface area contributed by atoms with E-state index in [1.165, 1.54) is 16.8 Å². The van der Waals surface area contributed by atoms with Crippen molar-refractivity contribution < 1.29 is 14.8 Å². The predicted octanol–water partition coefficient (Wildman–Crippen LogP) is 2.70. The summed E-state index contributed by atoms with van der Waals surface area (Å²) in [4.78, 5) is 21.4. The van der Waals surface area contributed by atoms with Crippen LogP contribution < -0.4 is 0 Å². The van der Waals surface area contributed by atoms with E-state index < -0.39 is 10.9 Å². The highest BCUT2D eigenvalue weighted by molar-refractivity contribution is 14.1. The van der Waals surface area contributed by atoms with E-state index in [1.807, 2.05) is 22.6 Å². The first-order chi connectivity index (χ1) is 9.32. The third-order valence-electron chi connectivity index (χ3n) is 2.88. The topological polar surface area (TPSA) is 98.3 Å². The first-order valence-corrected chi connectivity index (χ1v) is 6.64. The minimum Gasteiger partial charge on any atom is -0.478 e. The molecule has 20 heavy (non-hydrogen) atoms. The number of aromatic carboxylic acids is 1. The number of rotatable bonds is 3. The molecule has 2 rings (SSSR count). The molecule has 0 fully saturated rings. The third-order valence-corrected chi connectivity index (χ3v) is 3.74. The Morgan fingerprint density at radius 1 is 1.45 bits per heavy atom. The lowest BCUT2D eigenvalue weighted by Crippen LogP contribution is -2.04. The Labute approximate surface area is 127 Å². The van der Waals surface area contributed by atoms with E-state index in [4.69, 9.17) is 5.11 Å². The summed E-state index contributed by atoms with van der Waals surface area (Å²) in [6, 6.07) is 4.35. The zero-order valence-corrected chi connectivity index (χ0v) is 12.8. The molecule has 7 nitrogen and oxygen atoms in total. The summed E-state index contributed by atoms with van der Waals surface area (Å²) in [5, 5.41) is 24.1. The molecule has 0 aliphatic rings. The van der Waals surface area contributed by atoms with Gasteiger partial charge in [-0.1, -0.05) is 0 Å². The fraction of sp³-hybridized carbons (Fsp3) is 0.167. The van der Waals surface area contributed by atoms with Crippen molar-refractivity contribution in [3.63, 3.8) is 0 Å². The molecule has 0 spiro atoms. The fourth-order valence-electron chi connectivity index (χ4n) is 1.97. The number of carboxylic acids is 1. The summed E-state index contributed by atoms with van der Waals surface area (Å²) >= 11 is 1.97. The summed E-state index contributed by atoms with van der Waals surface area (Å²) in [6.45, 7) is 3.27. The number of hydrogen-bond acceptors (Lipinski definition) is 4. The maximum absolute atomic E-state index is 11.2. The molecule has 1 aromatic heterocycles. The number of benzene rings is 1. The number of hydrogen-bond donors (Lipinski definition) is 1. The minimum atomic E-state index is -1.04. The van der Waals surface area contributed by atoms with E-state index in [9.17, 15) is 14.9 Å². The average Bonchev–Trinajstić information content (AvgIpc) is 2.64. The maximum atomic E-state index is 11.2. The monoisotopic (exact) mass is 387 g/mol. The number of carboxylic acid groups (broad SMARTS) is 1. The first kappa shape index (κ1) is 14.4. The van der Waals surface area contributed by atoms with Crippen molar-refractivity contribution in [2.75, 3.05) is 0 Å². The predicted molar refractivity (Wildman–Crippen MR) is 79.4 cm³/mol. The molecule has 1 N–H and O–H groups in total. The van der Waals surface area contributed by atoms with Gasteiger partial charge in [0.15, 0.2) is 0 Å². The van der Waals surface area contributed by atoms with E-state index >= 15 is 0 Å². The number of nitro groups is 1. The number of aromatic nitrogens is 2. The van der Waals surface area contributed by atoms with Gasteiger partial charge in [0.05, 0.1) is 22.0 Å². The highest BCUT2D eigenvalue weighted by Gasteiger charge is 2.20. The number of non-ortho nitro benzene ring substituents is 1. The Morgan fingerprint density at radius 3 is 2.55 bits per heavy atom. The summed E-state index contributed by atoms with van der Waals surface area (Å²) in [5.41, 5.74) is 1.65. The molecular formula is C12H10IN3O4. The van der Waals surface area contributed by atoms with Crippen LogP contribution >= 0.6 is 22.6 Å². The Bertz CT molecular complexity index is 724. The van der Waals surface area contributed by atoms with Crippen LogP contribution in [0.25, 0.3) is 5.69 Å². The smallest absolute Gasteiger partial charge is 0.339 e. The number of nitrogens with zero attached hydrogens (tertiary/aromatic N) is 3. The SMILES string of the molecule is Cc1nn(-c2ccc([N+](=O)[O-])cc2I)c(C)c1C(=O)O. The normalized spacial score (nSPS) is 10.6. The molecule has 0 saturated carbocycles. The molecule has 0 atom stereocenters. The largest absolute Gasteiger partial charge is 0.478 e. The molecule has 8 heteroatoms. The van der Waals surface area contributed by atoms with Crippen molar-refractivity contribution in [1.82, 2.24) is 9.78 Å². The van der Waals surface area contributed by atoms with Gasteiger partial charge in [-0.05, 0) is 42.5 Å². The van der Waals surface area contributed by atoms with Crippen LogP contribution in [0.2, 0.25) is 0 Å². The molecule has 0 saturated heterocycles. The molecule has 0 radical (unpaired) electrons. The summed E-state index contributed by atoms with van der Waals surface area (Å²) in [6.07, 6.45) is 0. The first-order valence-electron chi connectivity index (χ1n) is 5.56. The second-order valence-electron chi connectivity index (χ2n) is 4.16. The molecule has 2 aromatic rings. The van der Waals surface area contributed by atoms with E-state index in [0.29, 0.717) is 20.6 Å². The number of halogens is 1. The lowest BCUT2D eigenvalue weighted by molar-refractivity contribution is -0.384. The maximum Gasteiger partial charge on any atom is 0.339 e. The van der Waals surface area contributed by atoms with E-state index in [-0.39, 0.29) is 11.3 Å². The zero-order valence-electron chi connectivity index (χ0n) is 10.6. The highest BCUT2D eigenvalue weighted by Crippen LogP contribution is 2.25. The van der Waals surface area contributed by atoms with Crippen molar-refractivity contribution in [1.29, 1.82) is 0 Å². The lowest BCUT2D eigenvalue weighted by Gasteiger charge is -2.07. The second-order valence-corrected chi connectivity index (χ2v) is 5.32. The van der Waals surface area contributed by atoms with Crippen molar-refractivity contribution in [2.24, 2.45) is 0 Å². The van der Waals surface area contributed by atoms with Crippen molar-refractivity contribution in [3.8, 4) is 5.69 Å². The average molecular weight is 387 g/mol. The number of aryl methyl sites for hydroxylation is 1. The van der Waals surface area contributed by atoms with Gasteiger partial charge in [-0.15, -0.1) is 0 Å². The van der Waals surface area contributed by atoms with Crippen LogP contribution in [0.3, 0.4) is 0 Å². The van der Waals surface area contributed by atoms with E-state index in [0.717, 1.165) is 0 Å². The quantitative estimate of drug-likeness (QED) is 0.496. The third kappa shape index (κ3) is 2.38. The Balaban J connectivity index is 2.61. The Kier molecular flexibility index (Phi) is 3.75. The van der Waals surface area contributed by atoms with Gasteiger partial charge < -0.3 is 5.11 Å². The fourth-order valence-corrected chi connectivity index (χ4v) is 2.70. The van der Waals surface area contributed by atoms with Crippen LogP contribution in [0.5, 0.6) is 0 Å². The van der Waals surface area contributed by atoms with E-state index in [1.54, 1.807) is 19.9 Å². The van der Waals surface area contributed by atoms with Crippen LogP contribution in [0, 0.1) is 27.5 Å². The Hall–Kier alpha value is -1.97. The van der Waals surface area contributed by atoms with E-state index in [2.05, 4.69) is 5.10 Å². The van der Waals surface area contributed by atoms with Crippen molar-refractivity contribution in [3.05, 3.63) is 48.8 Å². The van der Waals surface area contributed by atoms with Crippen LogP contribution in [-0.4, -0.2) is 25.8 Å². The summed E-state index contributed by atoms with van der Waals surface area (Å²) in [7, 11) is 0. The molecule has 0 aliphatic heterocycles. The molecule has 1 aromatic carbocycles. The van der Waals surface area contributed by atoms with Gasteiger partial charge in [0.1, 0.15) is 5.56 Å². The van der Waals surface area contributed by atoms with Gasteiger partial charge in [0, 0.05) is 15.7 Å². The Morgan fingerprint density at radius 2 is 2.10 bits per heavy atom. The van der Waals surface area contributed by atoms with Crippen molar-refractivity contribution >= 4 is 34.2 Å². The van der Waals surface area contributed by atoms with Crippen LogP contribution in [0.15, 0.2) is 18.2 Å². The van der Waals surface area contributed by atoms with Crippen LogP contribution in [0.4, 0.5) is 5.69 Å². The summed E-state index contributed by atoms with van der Waals surface area (Å²) in [5.74, 6) is -1.04. The minimum absolute atomic E-state index is 0.0156. The number of nitro benzene ring substituents is 1. The number of carbonyl (C=O) groups is 1. The molecule has 1 heterocycles. The summed E-state index contributed by atoms with van der Waals surface area (Å²) < 4.78 is 2.11. The second kappa shape index (κ2) is 5.19. The highest BCUT2D eigenvalue weighted by atomic mass is 127. The van der Waals surface area contributed by atoms with Crippen LogP contribution in [0.1, 0.15) is 21.7 Å². The van der Waals surface area contributed by atoms with Gasteiger partial charge in [-0.3, -0.25) is 10.1 Å². The molecule has 0 aliphatic carbocycles. The molecule has 104 valence electrons. The van der Waals surface area contributed by atoms with Gasteiger partial charge >= 0.3 is 5.97 Å². The lowest BCUT2D eigenvalue weighted by atomic mass is 10.2. The van der Waals surface area contributed by atoms with Crippen LogP contribution in [-0.2, 0) is 0 Å².